The fourth-order valence-electron chi connectivity index (χ4n) is 2.63. The van der Waals surface area contributed by atoms with Crippen molar-refractivity contribution in [2.45, 2.75) is 19.2 Å². The minimum absolute atomic E-state index is 0.131. The summed E-state index contributed by atoms with van der Waals surface area (Å²) in [6.45, 7) is 1.43. The number of hydrogen-bond donors (Lipinski definition) is 1. The van der Waals surface area contributed by atoms with Crippen LogP contribution in [0.4, 0.5) is 10.3 Å². The van der Waals surface area contributed by atoms with Crippen LogP contribution in [-0.2, 0) is 22.9 Å². The van der Waals surface area contributed by atoms with Crippen molar-refractivity contribution in [1.29, 1.82) is 0 Å². The Morgan fingerprint density at radius 3 is 2.88 bits per heavy atom. The molecule has 1 atom stereocenters. The van der Waals surface area contributed by atoms with Gasteiger partial charge in [0, 0.05) is 12.8 Å². The van der Waals surface area contributed by atoms with Crippen LogP contribution in [0.1, 0.15) is 17.5 Å². The molecule has 0 saturated carbocycles. The van der Waals surface area contributed by atoms with E-state index in [9.17, 15) is 17.9 Å². The summed E-state index contributed by atoms with van der Waals surface area (Å²) >= 11 is 0. The molecule has 1 aliphatic heterocycles. The average Bonchev–Trinajstić information content (AvgIpc) is 2.97. The van der Waals surface area contributed by atoms with Gasteiger partial charge in [-0.2, -0.15) is 14.5 Å². The normalized spacial score (nSPS) is 15.8. The number of methoxy groups -OCH3 is 1. The van der Waals surface area contributed by atoms with E-state index >= 15 is 0 Å². The van der Waals surface area contributed by atoms with E-state index in [0.29, 0.717) is 31.3 Å². The summed E-state index contributed by atoms with van der Waals surface area (Å²) in [6.07, 6.45) is 0.936. The third-order valence-electron chi connectivity index (χ3n) is 3.79. The lowest BCUT2D eigenvalue weighted by Crippen LogP contribution is -2.35. The second-order valence-corrected chi connectivity index (χ2v) is 8.03. The van der Waals surface area contributed by atoms with Crippen LogP contribution in [0.25, 0.3) is 0 Å². The van der Waals surface area contributed by atoms with Crippen molar-refractivity contribution in [2.75, 3.05) is 30.6 Å². The highest BCUT2D eigenvalue weighted by molar-refractivity contribution is 7.90. The first kappa shape index (κ1) is 17.5. The molecule has 2 aromatic rings. The van der Waals surface area contributed by atoms with Crippen LogP contribution in [0, 0.1) is 5.82 Å². The van der Waals surface area contributed by atoms with E-state index < -0.39 is 21.8 Å². The van der Waals surface area contributed by atoms with E-state index in [1.54, 1.807) is 10.7 Å². The molecule has 0 saturated heterocycles. The van der Waals surface area contributed by atoms with Crippen LogP contribution in [0.5, 0.6) is 5.88 Å². The molecule has 25 heavy (non-hydrogen) atoms. The van der Waals surface area contributed by atoms with Crippen LogP contribution < -0.4 is 9.64 Å². The highest BCUT2D eigenvalue weighted by Gasteiger charge is 2.24. The number of fused-ring (bicyclic) bond motifs is 1. The van der Waals surface area contributed by atoms with Crippen molar-refractivity contribution in [3.8, 4) is 5.88 Å². The number of anilines is 1. The number of sulfone groups is 1. The van der Waals surface area contributed by atoms with Crippen molar-refractivity contribution < 1.29 is 22.7 Å². The van der Waals surface area contributed by atoms with Gasteiger partial charge in [0.15, 0.2) is 0 Å². The molecule has 136 valence electrons. The van der Waals surface area contributed by atoms with Gasteiger partial charge in [-0.25, -0.2) is 13.4 Å². The van der Waals surface area contributed by atoms with Crippen molar-refractivity contribution >= 4 is 15.8 Å². The predicted octanol–water partition coefficient (Wildman–Crippen LogP) is -0.0810. The number of hydrogen-bond acceptors (Lipinski definition) is 8. The maximum Gasteiger partial charge on any atom is 0.255 e. The van der Waals surface area contributed by atoms with Crippen LogP contribution in [0.15, 0.2) is 12.3 Å². The summed E-state index contributed by atoms with van der Waals surface area (Å²) in [6, 6.07) is 1.66. The van der Waals surface area contributed by atoms with Gasteiger partial charge in [-0.3, -0.25) is 4.68 Å². The quantitative estimate of drug-likeness (QED) is 0.777. The Morgan fingerprint density at radius 2 is 2.20 bits per heavy atom. The molecule has 0 aliphatic carbocycles. The van der Waals surface area contributed by atoms with Crippen LogP contribution in [0.2, 0.25) is 0 Å². The second-order valence-electron chi connectivity index (χ2n) is 5.84. The zero-order chi connectivity index (χ0) is 18.2. The van der Waals surface area contributed by atoms with E-state index in [2.05, 4.69) is 15.1 Å². The second kappa shape index (κ2) is 6.56. The minimum atomic E-state index is -3.32. The molecule has 9 nitrogen and oxygen atoms in total. The molecular weight excluding hydrogens is 353 g/mol. The first-order chi connectivity index (χ1) is 11.8. The third kappa shape index (κ3) is 3.87. The molecule has 0 spiro atoms. The number of aliphatic hydroxyl groups excluding tert-OH is 1. The van der Waals surface area contributed by atoms with Crippen molar-refractivity contribution in [3.05, 3.63) is 29.5 Å². The summed E-state index contributed by atoms with van der Waals surface area (Å²) in [7, 11) is -1.99. The Kier molecular flexibility index (Phi) is 4.60. The van der Waals surface area contributed by atoms with E-state index in [0.717, 1.165) is 18.1 Å². The lowest BCUT2D eigenvalue weighted by Gasteiger charge is -2.27. The number of ether oxygens (including phenoxy) is 1. The molecule has 0 fully saturated rings. The van der Waals surface area contributed by atoms with Crippen LogP contribution in [0.3, 0.4) is 0 Å². The lowest BCUT2D eigenvalue weighted by atomic mass is 10.2. The number of nitrogens with zero attached hydrogens (tertiary/aromatic N) is 5. The highest BCUT2D eigenvalue weighted by atomic mass is 32.2. The Labute approximate surface area is 144 Å². The van der Waals surface area contributed by atoms with Gasteiger partial charge in [0.1, 0.15) is 15.9 Å². The lowest BCUT2D eigenvalue weighted by molar-refractivity contribution is 0.195. The Hall–Kier alpha value is -2.27. The van der Waals surface area contributed by atoms with Gasteiger partial charge in [0.05, 0.1) is 43.5 Å². The number of aromatic nitrogens is 4. The van der Waals surface area contributed by atoms with E-state index in [4.69, 9.17) is 4.74 Å². The topological polar surface area (TPSA) is 110 Å². The van der Waals surface area contributed by atoms with Gasteiger partial charge in [0.25, 0.3) is 5.88 Å². The third-order valence-corrected chi connectivity index (χ3v) is 4.72. The first-order valence-corrected chi connectivity index (χ1v) is 9.57. The summed E-state index contributed by atoms with van der Waals surface area (Å²) in [5, 5.41) is 14.3. The molecule has 0 bridgehead atoms. The molecule has 0 radical (unpaired) electrons. The van der Waals surface area contributed by atoms with Gasteiger partial charge in [-0.1, -0.05) is 0 Å². The molecule has 3 heterocycles. The molecule has 1 N–H and O–H groups in total. The molecule has 11 heteroatoms. The number of rotatable bonds is 5. The molecule has 0 amide bonds. The van der Waals surface area contributed by atoms with E-state index in [1.165, 1.54) is 7.11 Å². The van der Waals surface area contributed by atoms with Gasteiger partial charge >= 0.3 is 0 Å². The Balaban J connectivity index is 1.80. The van der Waals surface area contributed by atoms with Gasteiger partial charge in [-0.05, 0) is 6.07 Å². The Bertz CT molecular complexity index is 885. The maximum atomic E-state index is 13.4. The monoisotopic (exact) mass is 371 g/mol. The summed E-state index contributed by atoms with van der Waals surface area (Å²) in [5.41, 5.74) is 1.08. The van der Waals surface area contributed by atoms with Crippen LogP contribution in [-0.4, -0.2) is 58.9 Å². The number of halogens is 1. The van der Waals surface area contributed by atoms with Gasteiger partial charge < -0.3 is 14.7 Å². The summed E-state index contributed by atoms with van der Waals surface area (Å²) in [5.74, 6) is -0.831. The molecule has 3 rings (SSSR count). The first-order valence-electron chi connectivity index (χ1n) is 7.50. The average molecular weight is 371 g/mol. The zero-order valence-corrected chi connectivity index (χ0v) is 14.6. The highest BCUT2D eigenvalue weighted by Crippen LogP contribution is 2.23. The van der Waals surface area contributed by atoms with Gasteiger partial charge in [0.2, 0.25) is 11.8 Å². The molecule has 1 aliphatic rings. The fraction of sp³-hybridized carbons (Fsp3) is 0.500. The van der Waals surface area contributed by atoms with E-state index in [-0.39, 0.29) is 11.6 Å². The minimum Gasteiger partial charge on any atom is -0.479 e. The van der Waals surface area contributed by atoms with Crippen molar-refractivity contribution in [2.24, 2.45) is 0 Å². The maximum absolute atomic E-state index is 13.4. The van der Waals surface area contributed by atoms with Crippen molar-refractivity contribution in [3.63, 3.8) is 0 Å². The molecular formula is C14H18FN5O4S. The van der Waals surface area contributed by atoms with Crippen molar-refractivity contribution in [1.82, 2.24) is 19.7 Å². The van der Waals surface area contributed by atoms with E-state index in [1.807, 2.05) is 4.90 Å². The molecule has 0 unspecified atom stereocenters. The summed E-state index contributed by atoms with van der Waals surface area (Å²) < 4.78 is 42.7. The molecule has 0 aromatic carbocycles. The SMILES string of the molecule is COc1nc(N2CCn3nc([C@H](O)CS(C)(=O)=O)cc3C2)ncc1F. The zero-order valence-electron chi connectivity index (χ0n) is 13.8. The predicted molar refractivity (Wildman–Crippen MR) is 86.5 cm³/mol. The standard InChI is InChI=1S/C14H18FN5O4S/c1-24-13-10(15)6-16-14(17-13)19-3-4-20-9(7-19)5-11(18-20)12(21)8-25(2,22)23/h5-6,12,21H,3-4,7-8H2,1-2H3/t12-/m1/s1. The smallest absolute Gasteiger partial charge is 0.255 e. The largest absolute Gasteiger partial charge is 0.479 e. The van der Waals surface area contributed by atoms with Gasteiger partial charge in [-0.15, -0.1) is 0 Å². The number of aliphatic hydroxyl groups is 1. The Morgan fingerprint density at radius 1 is 1.44 bits per heavy atom. The van der Waals surface area contributed by atoms with Crippen LogP contribution >= 0.6 is 0 Å². The summed E-state index contributed by atoms with van der Waals surface area (Å²) in [4.78, 5) is 9.84. The fourth-order valence-corrected chi connectivity index (χ4v) is 3.38. The molecule has 2 aromatic heterocycles.